The average molecular weight is 400 g/mol. The molecule has 0 N–H and O–H groups in total. The number of fused-ring (bicyclic) bond motifs is 1. The Labute approximate surface area is 167 Å². The topological polar surface area (TPSA) is 50.1 Å². The van der Waals surface area contributed by atoms with Crippen LogP contribution < -0.4 is 4.74 Å². The molecule has 1 fully saturated rings. The Balaban J connectivity index is 1.42. The first kappa shape index (κ1) is 19.3. The summed E-state index contributed by atoms with van der Waals surface area (Å²) in [6.07, 6.45) is 4.20. The molecule has 0 radical (unpaired) electrons. The molecule has 1 amide bonds. The molecule has 0 bridgehead atoms. The standard InChI is InChI=1S/C21H22F2N4O2/c1-29-17-6-8-26-9-7-24-20(26)19(17)21(28)27-12-10-25(11-13-27)18(23)14-15-2-4-16(22)5-3-15/h2-9,18H,10-14H2,1H3. The normalized spacial score (nSPS) is 16.2. The highest BCUT2D eigenvalue weighted by Crippen LogP contribution is 2.25. The lowest BCUT2D eigenvalue weighted by molar-refractivity contribution is 0.0279. The first-order chi connectivity index (χ1) is 14.1. The first-order valence-electron chi connectivity index (χ1n) is 9.48. The number of hydrogen-bond donors (Lipinski definition) is 0. The van der Waals surface area contributed by atoms with E-state index in [1.807, 2.05) is 0 Å². The van der Waals surface area contributed by atoms with E-state index >= 15 is 0 Å². The second kappa shape index (κ2) is 8.16. The van der Waals surface area contributed by atoms with E-state index in [0.717, 1.165) is 5.56 Å². The molecule has 29 heavy (non-hydrogen) atoms. The number of piperazine rings is 1. The molecule has 2 aromatic heterocycles. The van der Waals surface area contributed by atoms with Crippen molar-refractivity contribution in [3.63, 3.8) is 0 Å². The van der Waals surface area contributed by atoms with Gasteiger partial charge in [-0.2, -0.15) is 0 Å². The van der Waals surface area contributed by atoms with Crippen molar-refractivity contribution in [2.45, 2.75) is 12.7 Å². The molecule has 0 spiro atoms. The minimum atomic E-state index is -1.18. The fourth-order valence-electron chi connectivity index (χ4n) is 3.65. The Kier molecular flexibility index (Phi) is 5.44. The quantitative estimate of drug-likeness (QED) is 0.618. The van der Waals surface area contributed by atoms with Gasteiger partial charge in [-0.15, -0.1) is 0 Å². The summed E-state index contributed by atoms with van der Waals surface area (Å²) in [5, 5.41) is 0. The molecule has 3 heterocycles. The highest BCUT2D eigenvalue weighted by atomic mass is 19.1. The number of carbonyl (C=O) groups excluding carboxylic acids is 1. The van der Waals surface area contributed by atoms with Crippen LogP contribution in [0.3, 0.4) is 0 Å². The second-order valence-corrected chi connectivity index (χ2v) is 7.01. The highest BCUT2D eigenvalue weighted by Gasteiger charge is 2.29. The van der Waals surface area contributed by atoms with Crippen molar-refractivity contribution in [3.05, 3.63) is 65.9 Å². The van der Waals surface area contributed by atoms with Gasteiger partial charge < -0.3 is 14.0 Å². The van der Waals surface area contributed by atoms with Gasteiger partial charge in [0.05, 0.1) is 7.11 Å². The number of aromatic nitrogens is 2. The number of methoxy groups -OCH3 is 1. The van der Waals surface area contributed by atoms with Crippen molar-refractivity contribution in [2.75, 3.05) is 33.3 Å². The SMILES string of the molecule is COc1ccn2ccnc2c1C(=O)N1CCN(C(F)Cc2ccc(F)cc2)CC1. The van der Waals surface area contributed by atoms with Crippen molar-refractivity contribution >= 4 is 11.6 Å². The van der Waals surface area contributed by atoms with Crippen LogP contribution >= 0.6 is 0 Å². The van der Waals surface area contributed by atoms with Crippen molar-refractivity contribution in [1.29, 1.82) is 0 Å². The van der Waals surface area contributed by atoms with Crippen molar-refractivity contribution in [1.82, 2.24) is 19.2 Å². The monoisotopic (exact) mass is 400 g/mol. The maximum atomic E-state index is 14.7. The summed E-state index contributed by atoms with van der Waals surface area (Å²) < 4.78 is 34.9. The lowest BCUT2D eigenvalue weighted by Gasteiger charge is -2.36. The lowest BCUT2D eigenvalue weighted by Crippen LogP contribution is -2.51. The number of rotatable bonds is 5. The average Bonchev–Trinajstić information content (AvgIpc) is 3.23. The zero-order valence-corrected chi connectivity index (χ0v) is 16.1. The fourth-order valence-corrected chi connectivity index (χ4v) is 3.65. The number of ether oxygens (including phenoxy) is 1. The Morgan fingerprint density at radius 2 is 1.86 bits per heavy atom. The van der Waals surface area contributed by atoms with E-state index in [9.17, 15) is 13.6 Å². The van der Waals surface area contributed by atoms with Gasteiger partial charge in [-0.3, -0.25) is 9.69 Å². The third kappa shape index (κ3) is 3.93. The van der Waals surface area contributed by atoms with Crippen molar-refractivity contribution in [3.8, 4) is 5.75 Å². The molecular formula is C21H22F2N4O2. The number of hydrogen-bond acceptors (Lipinski definition) is 4. The van der Waals surface area contributed by atoms with Gasteiger partial charge in [0, 0.05) is 51.2 Å². The molecule has 4 rings (SSSR count). The van der Waals surface area contributed by atoms with Crippen LogP contribution in [0.15, 0.2) is 48.9 Å². The first-order valence-corrected chi connectivity index (χ1v) is 9.48. The Hall–Kier alpha value is -3.00. The van der Waals surface area contributed by atoms with Gasteiger partial charge in [0.25, 0.3) is 5.91 Å². The van der Waals surface area contributed by atoms with Crippen LogP contribution in [0.2, 0.25) is 0 Å². The van der Waals surface area contributed by atoms with Crippen LogP contribution in [0, 0.1) is 5.82 Å². The van der Waals surface area contributed by atoms with E-state index in [2.05, 4.69) is 4.98 Å². The Morgan fingerprint density at radius 1 is 1.14 bits per heavy atom. The molecule has 1 aromatic carbocycles. The molecule has 6 nitrogen and oxygen atoms in total. The Bertz CT molecular complexity index is 998. The van der Waals surface area contributed by atoms with E-state index in [0.29, 0.717) is 43.1 Å². The van der Waals surface area contributed by atoms with Crippen LogP contribution in [0.1, 0.15) is 15.9 Å². The van der Waals surface area contributed by atoms with Gasteiger partial charge in [0.1, 0.15) is 17.1 Å². The van der Waals surface area contributed by atoms with Gasteiger partial charge in [0.2, 0.25) is 0 Å². The van der Waals surface area contributed by atoms with Crippen LogP contribution in [0.4, 0.5) is 8.78 Å². The number of halogens is 2. The predicted molar refractivity (Wildman–Crippen MR) is 104 cm³/mol. The number of carbonyl (C=O) groups is 1. The molecular weight excluding hydrogens is 378 g/mol. The molecule has 8 heteroatoms. The number of alkyl halides is 1. The highest BCUT2D eigenvalue weighted by molar-refractivity contribution is 6.02. The van der Waals surface area contributed by atoms with E-state index < -0.39 is 6.30 Å². The zero-order valence-electron chi connectivity index (χ0n) is 16.1. The van der Waals surface area contributed by atoms with Crippen molar-refractivity contribution < 1.29 is 18.3 Å². The fraction of sp³-hybridized carbons (Fsp3) is 0.333. The smallest absolute Gasteiger partial charge is 0.261 e. The largest absolute Gasteiger partial charge is 0.496 e. The number of pyridine rings is 1. The number of amides is 1. The maximum Gasteiger partial charge on any atom is 0.261 e. The van der Waals surface area contributed by atoms with E-state index in [-0.39, 0.29) is 18.1 Å². The van der Waals surface area contributed by atoms with Crippen LogP contribution in [-0.4, -0.2) is 64.7 Å². The van der Waals surface area contributed by atoms with Crippen LogP contribution in [-0.2, 0) is 6.42 Å². The summed E-state index contributed by atoms with van der Waals surface area (Å²) >= 11 is 0. The summed E-state index contributed by atoms with van der Waals surface area (Å²) in [4.78, 5) is 20.8. The second-order valence-electron chi connectivity index (χ2n) is 7.01. The van der Waals surface area contributed by atoms with Crippen LogP contribution in [0.25, 0.3) is 5.65 Å². The molecule has 152 valence electrons. The molecule has 3 aromatic rings. The molecule has 0 saturated carbocycles. The van der Waals surface area contributed by atoms with E-state index in [1.165, 1.54) is 19.2 Å². The molecule has 1 aliphatic rings. The third-order valence-electron chi connectivity index (χ3n) is 5.27. The third-order valence-corrected chi connectivity index (χ3v) is 5.27. The summed E-state index contributed by atoms with van der Waals surface area (Å²) in [5.74, 6) is -0.0396. The van der Waals surface area contributed by atoms with Gasteiger partial charge >= 0.3 is 0 Å². The molecule has 1 atom stereocenters. The van der Waals surface area contributed by atoms with Gasteiger partial charge in [-0.25, -0.2) is 13.8 Å². The van der Waals surface area contributed by atoms with Crippen molar-refractivity contribution in [2.24, 2.45) is 0 Å². The van der Waals surface area contributed by atoms with Gasteiger partial charge in [-0.05, 0) is 23.8 Å². The van der Waals surface area contributed by atoms with E-state index in [4.69, 9.17) is 4.74 Å². The zero-order chi connectivity index (χ0) is 20.4. The molecule has 1 saturated heterocycles. The minimum absolute atomic E-state index is 0.174. The van der Waals surface area contributed by atoms with Gasteiger partial charge in [0.15, 0.2) is 11.9 Å². The summed E-state index contributed by atoms with van der Waals surface area (Å²) in [6.45, 7) is 1.67. The van der Waals surface area contributed by atoms with E-state index in [1.54, 1.807) is 51.0 Å². The molecule has 0 aliphatic carbocycles. The van der Waals surface area contributed by atoms with Crippen LogP contribution in [0.5, 0.6) is 5.75 Å². The summed E-state index contributed by atoms with van der Waals surface area (Å²) in [6, 6.07) is 7.60. The minimum Gasteiger partial charge on any atom is -0.496 e. The lowest BCUT2D eigenvalue weighted by atomic mass is 10.1. The maximum absolute atomic E-state index is 14.7. The summed E-state index contributed by atoms with van der Waals surface area (Å²) in [5.41, 5.74) is 1.70. The number of benzene rings is 1. The molecule has 1 aliphatic heterocycles. The summed E-state index contributed by atoms with van der Waals surface area (Å²) in [7, 11) is 1.52. The number of nitrogens with zero attached hydrogens (tertiary/aromatic N) is 4. The molecule has 1 unspecified atom stereocenters. The Morgan fingerprint density at radius 3 is 2.55 bits per heavy atom. The van der Waals surface area contributed by atoms with Gasteiger partial charge in [-0.1, -0.05) is 12.1 Å². The predicted octanol–water partition coefficient (Wildman–Crippen LogP) is 2.78. The number of imidazole rings is 1.